The molecular formula is C22H16Cl2N2O3. The van der Waals surface area contributed by atoms with E-state index in [0.717, 1.165) is 0 Å². The molecule has 1 aromatic heterocycles. The van der Waals surface area contributed by atoms with Crippen molar-refractivity contribution in [1.82, 2.24) is 0 Å². The van der Waals surface area contributed by atoms with Crippen LogP contribution in [-0.4, -0.2) is 12.6 Å². The molecule has 0 fully saturated rings. The minimum absolute atomic E-state index is 0.0464. The molecule has 7 heteroatoms. The van der Waals surface area contributed by atoms with E-state index in [1.165, 1.54) is 6.08 Å². The predicted octanol–water partition coefficient (Wildman–Crippen LogP) is 6.57. The van der Waals surface area contributed by atoms with Gasteiger partial charge in [0.2, 0.25) is 5.88 Å². The zero-order chi connectivity index (χ0) is 20.8. The van der Waals surface area contributed by atoms with Gasteiger partial charge < -0.3 is 14.5 Å². The molecule has 5 nitrogen and oxygen atoms in total. The van der Waals surface area contributed by atoms with Crippen molar-refractivity contribution in [3.63, 3.8) is 0 Å². The molecule has 0 aliphatic carbocycles. The van der Waals surface area contributed by atoms with E-state index in [-0.39, 0.29) is 28.8 Å². The molecule has 146 valence electrons. The average molecular weight is 427 g/mol. The molecule has 0 aliphatic heterocycles. The number of halogens is 2. The highest BCUT2D eigenvalue weighted by Crippen LogP contribution is 2.36. The molecule has 2 aromatic carbocycles. The topological polar surface area (TPSA) is 75.3 Å². The fourth-order valence-electron chi connectivity index (χ4n) is 2.62. The third-order valence-electron chi connectivity index (χ3n) is 3.92. The number of carbonyl (C=O) groups excluding carboxylic acids is 1. The fraction of sp³-hybridized carbons (Fsp3) is 0.0909. The first-order valence-corrected chi connectivity index (χ1v) is 9.48. The van der Waals surface area contributed by atoms with E-state index in [9.17, 15) is 10.1 Å². The second kappa shape index (κ2) is 9.33. The highest BCUT2D eigenvalue weighted by Gasteiger charge is 2.26. The first-order chi connectivity index (χ1) is 14.0. The molecule has 0 aliphatic rings. The molecule has 0 amide bonds. The number of esters is 1. The Labute approximate surface area is 178 Å². The van der Waals surface area contributed by atoms with Crippen LogP contribution in [0.15, 0.2) is 59.0 Å². The monoisotopic (exact) mass is 426 g/mol. The predicted molar refractivity (Wildman–Crippen MR) is 114 cm³/mol. The zero-order valence-corrected chi connectivity index (χ0v) is 16.9. The largest absolute Gasteiger partial charge is 0.462 e. The van der Waals surface area contributed by atoms with E-state index in [1.807, 2.05) is 18.2 Å². The molecule has 0 saturated heterocycles. The number of rotatable bonds is 6. The number of anilines is 2. The molecule has 0 radical (unpaired) electrons. The molecular weight excluding hydrogens is 411 g/mol. The van der Waals surface area contributed by atoms with Crippen LogP contribution >= 0.6 is 23.2 Å². The molecule has 0 saturated carbocycles. The Balaban J connectivity index is 2.08. The van der Waals surface area contributed by atoms with Crippen LogP contribution in [0.5, 0.6) is 0 Å². The van der Waals surface area contributed by atoms with Crippen molar-refractivity contribution >= 4 is 52.4 Å². The minimum Gasteiger partial charge on any atom is -0.462 e. The van der Waals surface area contributed by atoms with Crippen molar-refractivity contribution in [3.8, 4) is 6.07 Å². The van der Waals surface area contributed by atoms with Gasteiger partial charge in [0.05, 0.1) is 18.2 Å². The van der Waals surface area contributed by atoms with Crippen LogP contribution in [0.1, 0.15) is 28.6 Å². The molecule has 1 N–H and O–H groups in total. The number of nitrogens with one attached hydrogen (secondary N) is 1. The molecule has 0 spiro atoms. The molecule has 0 bridgehead atoms. The summed E-state index contributed by atoms with van der Waals surface area (Å²) < 4.78 is 10.9. The van der Waals surface area contributed by atoms with E-state index >= 15 is 0 Å². The van der Waals surface area contributed by atoms with E-state index in [1.54, 1.807) is 43.3 Å². The van der Waals surface area contributed by atoms with Gasteiger partial charge in [-0.25, -0.2) is 4.79 Å². The summed E-state index contributed by atoms with van der Waals surface area (Å²) in [5.41, 5.74) is 1.69. The third kappa shape index (κ3) is 4.80. The molecule has 3 rings (SSSR count). The normalized spacial score (nSPS) is 11.0. The lowest BCUT2D eigenvalue weighted by Gasteiger charge is -2.06. The minimum atomic E-state index is -0.636. The van der Waals surface area contributed by atoms with Gasteiger partial charge in [-0.3, -0.25) is 0 Å². The summed E-state index contributed by atoms with van der Waals surface area (Å²) >= 11 is 12.5. The number of hydrogen-bond donors (Lipinski definition) is 1. The van der Waals surface area contributed by atoms with Gasteiger partial charge in [-0.15, -0.1) is 0 Å². The third-order valence-corrected chi connectivity index (χ3v) is 4.53. The average Bonchev–Trinajstić information content (AvgIpc) is 3.01. The first-order valence-electron chi connectivity index (χ1n) is 8.72. The molecule has 0 atom stereocenters. The molecule has 29 heavy (non-hydrogen) atoms. The number of ether oxygens (including phenoxy) is 1. The van der Waals surface area contributed by atoms with Gasteiger partial charge in [-0.05, 0) is 30.7 Å². The van der Waals surface area contributed by atoms with Crippen LogP contribution in [0.3, 0.4) is 0 Å². The Morgan fingerprint density at radius 2 is 1.97 bits per heavy atom. The number of hydrogen-bond acceptors (Lipinski definition) is 5. The Morgan fingerprint density at radius 1 is 1.21 bits per heavy atom. The number of nitriles is 1. The number of carbonyl (C=O) groups is 1. The Bertz CT molecular complexity index is 1100. The van der Waals surface area contributed by atoms with Crippen molar-refractivity contribution < 1.29 is 13.9 Å². The number of benzene rings is 2. The summed E-state index contributed by atoms with van der Waals surface area (Å²) in [6, 6.07) is 18.1. The lowest BCUT2D eigenvalue weighted by molar-refractivity contribution is 0.0527. The van der Waals surface area contributed by atoms with Crippen molar-refractivity contribution in [1.29, 1.82) is 5.26 Å². The van der Waals surface area contributed by atoms with E-state index in [2.05, 4.69) is 11.4 Å². The summed E-state index contributed by atoms with van der Waals surface area (Å²) in [7, 11) is 0. The van der Waals surface area contributed by atoms with Gasteiger partial charge >= 0.3 is 5.97 Å². The van der Waals surface area contributed by atoms with Crippen molar-refractivity contribution in [3.05, 3.63) is 81.5 Å². The Morgan fingerprint density at radius 3 is 2.62 bits per heavy atom. The summed E-state index contributed by atoms with van der Waals surface area (Å²) in [5, 5.41) is 13.1. The summed E-state index contributed by atoms with van der Waals surface area (Å²) in [6.45, 7) is 1.87. The lowest BCUT2D eigenvalue weighted by Crippen LogP contribution is -2.06. The second-order valence-corrected chi connectivity index (χ2v) is 6.69. The van der Waals surface area contributed by atoms with Crippen LogP contribution in [0.25, 0.3) is 11.6 Å². The second-order valence-electron chi connectivity index (χ2n) is 5.88. The first kappa shape index (κ1) is 20.5. The fourth-order valence-corrected chi connectivity index (χ4v) is 3.07. The van der Waals surface area contributed by atoms with Gasteiger partial charge in [0.1, 0.15) is 16.3 Å². The zero-order valence-electron chi connectivity index (χ0n) is 15.4. The summed E-state index contributed by atoms with van der Waals surface area (Å²) in [6.07, 6.45) is 1.49. The van der Waals surface area contributed by atoms with Crippen LogP contribution in [-0.2, 0) is 4.74 Å². The number of furan rings is 1. The SMILES string of the molecule is CCOC(=O)c1c(Nc2cccc(Cl)c2)oc(/C=C(\C#N)c2ccccc2)c1Cl. The number of nitrogens with zero attached hydrogens (tertiary/aromatic N) is 1. The highest BCUT2D eigenvalue weighted by atomic mass is 35.5. The van der Waals surface area contributed by atoms with Gasteiger partial charge in [0.25, 0.3) is 0 Å². The quantitative estimate of drug-likeness (QED) is 0.356. The molecule has 3 aromatic rings. The van der Waals surface area contributed by atoms with Crippen LogP contribution in [0, 0.1) is 11.3 Å². The maximum absolute atomic E-state index is 12.5. The van der Waals surface area contributed by atoms with E-state index in [4.69, 9.17) is 32.4 Å². The van der Waals surface area contributed by atoms with Crippen LogP contribution in [0.4, 0.5) is 11.6 Å². The summed E-state index contributed by atoms with van der Waals surface area (Å²) in [4.78, 5) is 12.5. The van der Waals surface area contributed by atoms with E-state index < -0.39 is 5.97 Å². The standard InChI is InChI=1S/C22H16Cl2N2O3/c1-2-28-22(27)19-20(24)18(11-15(13-25)14-7-4-3-5-8-14)29-21(19)26-17-10-6-9-16(23)12-17/h3-12,26H,2H2,1H3/b15-11+. The van der Waals surface area contributed by atoms with Gasteiger partial charge in [-0.2, -0.15) is 5.26 Å². The maximum atomic E-state index is 12.5. The maximum Gasteiger partial charge on any atom is 0.345 e. The van der Waals surface area contributed by atoms with Gasteiger partial charge in [0.15, 0.2) is 0 Å². The molecule has 0 unspecified atom stereocenters. The van der Waals surface area contributed by atoms with Gasteiger partial charge in [-0.1, -0.05) is 59.6 Å². The van der Waals surface area contributed by atoms with Crippen molar-refractivity contribution in [2.45, 2.75) is 6.92 Å². The van der Waals surface area contributed by atoms with Crippen LogP contribution < -0.4 is 5.32 Å². The van der Waals surface area contributed by atoms with Crippen molar-refractivity contribution in [2.75, 3.05) is 11.9 Å². The molecule has 1 heterocycles. The summed E-state index contributed by atoms with van der Waals surface area (Å²) in [5.74, 6) is -0.365. The Hall–Kier alpha value is -3.20. The number of allylic oxidation sites excluding steroid dienone is 1. The van der Waals surface area contributed by atoms with E-state index in [0.29, 0.717) is 21.8 Å². The smallest absolute Gasteiger partial charge is 0.345 e. The Kier molecular flexibility index (Phi) is 6.61. The van der Waals surface area contributed by atoms with Gasteiger partial charge in [0, 0.05) is 16.8 Å². The van der Waals surface area contributed by atoms with Crippen molar-refractivity contribution in [2.24, 2.45) is 0 Å². The lowest BCUT2D eigenvalue weighted by atomic mass is 10.1. The van der Waals surface area contributed by atoms with Crippen LogP contribution in [0.2, 0.25) is 10.0 Å². The highest BCUT2D eigenvalue weighted by molar-refractivity contribution is 6.36.